The molecule has 1 aliphatic rings. The normalized spacial score (nSPS) is 24.1. The van der Waals surface area contributed by atoms with Gasteiger partial charge in [0.15, 0.2) is 0 Å². The summed E-state index contributed by atoms with van der Waals surface area (Å²) in [4.78, 5) is 10.8. The van der Waals surface area contributed by atoms with E-state index in [0.717, 1.165) is 15.6 Å². The molecule has 0 N–H and O–H groups in total. The molecule has 3 heteroatoms. The molecule has 1 unspecified atom stereocenters. The lowest BCUT2D eigenvalue weighted by molar-refractivity contribution is -0.108. The van der Waals surface area contributed by atoms with E-state index in [9.17, 15) is 4.79 Å². The summed E-state index contributed by atoms with van der Waals surface area (Å²) >= 11 is 7.54. The first-order valence-corrected chi connectivity index (χ1v) is 4.83. The van der Waals surface area contributed by atoms with Gasteiger partial charge < -0.3 is 0 Å². The van der Waals surface area contributed by atoms with E-state index < -0.39 is 0 Å². The Bertz CT molecular complexity index is 242. The molecule has 11 heavy (non-hydrogen) atoms. The molecule has 0 spiro atoms. The molecule has 0 aromatic heterocycles. The van der Waals surface area contributed by atoms with Crippen LogP contribution in [-0.4, -0.2) is 5.24 Å². The minimum Gasteiger partial charge on any atom is -0.276 e. The summed E-state index contributed by atoms with van der Waals surface area (Å²) in [6.07, 6.45) is 4.74. The minimum atomic E-state index is -0.320. The third-order valence-electron chi connectivity index (χ3n) is 1.55. The van der Waals surface area contributed by atoms with Crippen molar-refractivity contribution in [2.45, 2.75) is 13.3 Å². The predicted molar refractivity (Wildman–Crippen MR) is 54.8 cm³/mol. The molecule has 0 aromatic rings. The van der Waals surface area contributed by atoms with Crippen molar-refractivity contribution in [2.24, 2.45) is 5.92 Å². The fourth-order valence-corrected chi connectivity index (χ4v) is 2.21. The summed E-state index contributed by atoms with van der Waals surface area (Å²) in [5, 5.41) is -0.320. The summed E-state index contributed by atoms with van der Waals surface area (Å²) in [6.45, 7) is 2.07. The van der Waals surface area contributed by atoms with Gasteiger partial charge in [0.1, 0.15) is 0 Å². The van der Waals surface area contributed by atoms with Crippen molar-refractivity contribution in [3.63, 3.8) is 0 Å². The van der Waals surface area contributed by atoms with Gasteiger partial charge in [-0.15, -0.1) is 0 Å². The van der Waals surface area contributed by atoms with E-state index in [1.54, 1.807) is 0 Å². The van der Waals surface area contributed by atoms with Crippen LogP contribution in [0.15, 0.2) is 21.3 Å². The molecule has 1 aliphatic carbocycles. The van der Waals surface area contributed by atoms with Crippen LogP contribution < -0.4 is 0 Å². The smallest absolute Gasteiger partial charge is 0.248 e. The maximum Gasteiger partial charge on any atom is 0.248 e. The third-order valence-corrected chi connectivity index (χ3v) is 2.46. The Labute approximate surface area is 84.6 Å². The number of carbonyl (C=O) groups excluding carboxylic acids is 1. The van der Waals surface area contributed by atoms with E-state index in [0.29, 0.717) is 5.92 Å². The lowest BCUT2D eigenvalue weighted by Crippen LogP contribution is -2.03. The lowest BCUT2D eigenvalue weighted by Gasteiger charge is -2.12. The summed E-state index contributed by atoms with van der Waals surface area (Å²) in [5.41, 5.74) is 0.728. The Hall–Kier alpha value is 0.170. The third kappa shape index (κ3) is 2.60. The monoisotopic (exact) mass is 282 g/mol. The topological polar surface area (TPSA) is 17.1 Å². The van der Waals surface area contributed by atoms with Crippen LogP contribution in [0.5, 0.6) is 0 Å². The summed E-state index contributed by atoms with van der Waals surface area (Å²) in [5.74, 6) is 0.435. The number of hydrogen-bond acceptors (Lipinski definition) is 1. The highest BCUT2D eigenvalue weighted by Gasteiger charge is 2.14. The molecule has 0 aromatic carbocycles. The largest absolute Gasteiger partial charge is 0.276 e. The van der Waals surface area contributed by atoms with Crippen LogP contribution in [0.3, 0.4) is 0 Å². The van der Waals surface area contributed by atoms with Crippen molar-refractivity contribution in [1.29, 1.82) is 0 Å². The maximum atomic E-state index is 10.8. The van der Waals surface area contributed by atoms with Crippen molar-refractivity contribution in [2.75, 3.05) is 0 Å². The molecule has 1 nitrogen and oxygen atoms in total. The molecular weight excluding hydrogens is 274 g/mol. The Kier molecular flexibility index (Phi) is 3.13. The van der Waals surface area contributed by atoms with Crippen LogP contribution in [-0.2, 0) is 4.79 Å². The van der Waals surface area contributed by atoms with Crippen molar-refractivity contribution < 1.29 is 4.79 Å². The molecule has 0 bridgehead atoms. The average Bonchev–Trinajstić information content (AvgIpc) is 1.85. The standard InChI is InChI=1S/C8H8ClIO/c1-5-2-6(8(9)11)4-7(10)3-5/h3-5H,2H2,1H3. The van der Waals surface area contributed by atoms with E-state index in [1.807, 2.05) is 6.08 Å². The molecule has 0 radical (unpaired) electrons. The molecule has 60 valence electrons. The van der Waals surface area contributed by atoms with E-state index in [1.165, 1.54) is 0 Å². The van der Waals surface area contributed by atoms with Crippen molar-refractivity contribution >= 4 is 39.4 Å². The van der Waals surface area contributed by atoms with Crippen LogP contribution >= 0.6 is 34.2 Å². The zero-order valence-electron chi connectivity index (χ0n) is 6.10. The van der Waals surface area contributed by atoms with Gasteiger partial charge in [0, 0.05) is 9.15 Å². The molecule has 1 atom stereocenters. The van der Waals surface area contributed by atoms with Gasteiger partial charge in [-0.05, 0) is 52.6 Å². The van der Waals surface area contributed by atoms with Gasteiger partial charge in [-0.3, -0.25) is 4.79 Å². The van der Waals surface area contributed by atoms with Crippen molar-refractivity contribution in [1.82, 2.24) is 0 Å². The van der Waals surface area contributed by atoms with Gasteiger partial charge in [-0.2, -0.15) is 0 Å². The zero-order chi connectivity index (χ0) is 8.43. The van der Waals surface area contributed by atoms with Gasteiger partial charge in [-0.1, -0.05) is 13.0 Å². The minimum absolute atomic E-state index is 0.320. The number of halogens is 2. The van der Waals surface area contributed by atoms with E-state index in [2.05, 4.69) is 35.6 Å². The Morgan fingerprint density at radius 3 is 2.91 bits per heavy atom. The number of allylic oxidation sites excluding steroid dienone is 4. The van der Waals surface area contributed by atoms with Crippen molar-refractivity contribution in [3.8, 4) is 0 Å². The van der Waals surface area contributed by atoms with E-state index in [4.69, 9.17) is 11.6 Å². The summed E-state index contributed by atoms with van der Waals surface area (Å²) < 4.78 is 1.10. The van der Waals surface area contributed by atoms with Gasteiger partial charge in [0.2, 0.25) is 5.24 Å². The molecule has 0 saturated heterocycles. The van der Waals surface area contributed by atoms with Gasteiger partial charge in [0.05, 0.1) is 0 Å². The molecule has 0 aliphatic heterocycles. The summed E-state index contributed by atoms with van der Waals surface area (Å²) in [6, 6.07) is 0. The number of rotatable bonds is 1. The van der Waals surface area contributed by atoms with Crippen LogP contribution in [0.2, 0.25) is 0 Å². The van der Waals surface area contributed by atoms with Gasteiger partial charge >= 0.3 is 0 Å². The predicted octanol–water partition coefficient (Wildman–Crippen LogP) is 3.04. The SMILES string of the molecule is CC1C=C(I)C=C(C(=O)Cl)C1. The van der Waals surface area contributed by atoms with Crippen molar-refractivity contribution in [3.05, 3.63) is 21.3 Å². The number of hydrogen-bond donors (Lipinski definition) is 0. The first-order valence-electron chi connectivity index (χ1n) is 3.37. The molecule has 1 rings (SSSR count). The first-order chi connectivity index (χ1) is 5.09. The highest BCUT2D eigenvalue weighted by Crippen LogP contribution is 2.26. The highest BCUT2D eigenvalue weighted by molar-refractivity contribution is 14.1. The highest BCUT2D eigenvalue weighted by atomic mass is 127. The second-order valence-corrected chi connectivity index (χ2v) is 4.27. The van der Waals surface area contributed by atoms with Gasteiger partial charge in [0.25, 0.3) is 0 Å². The quantitative estimate of drug-likeness (QED) is 0.534. The second-order valence-electron chi connectivity index (χ2n) is 2.68. The van der Waals surface area contributed by atoms with Crippen LogP contribution in [0.4, 0.5) is 0 Å². The fraction of sp³-hybridized carbons (Fsp3) is 0.375. The Morgan fingerprint density at radius 1 is 1.82 bits per heavy atom. The summed E-state index contributed by atoms with van der Waals surface area (Å²) in [7, 11) is 0. The van der Waals surface area contributed by atoms with Crippen LogP contribution in [0, 0.1) is 5.92 Å². The maximum absolute atomic E-state index is 10.8. The average molecular weight is 283 g/mol. The van der Waals surface area contributed by atoms with E-state index >= 15 is 0 Å². The molecule has 0 fully saturated rings. The van der Waals surface area contributed by atoms with E-state index in [-0.39, 0.29) is 5.24 Å². The van der Waals surface area contributed by atoms with Crippen LogP contribution in [0.1, 0.15) is 13.3 Å². The zero-order valence-corrected chi connectivity index (χ0v) is 9.02. The molecule has 0 heterocycles. The van der Waals surface area contributed by atoms with Gasteiger partial charge in [-0.25, -0.2) is 0 Å². The molecular formula is C8H8ClIO. The number of carbonyl (C=O) groups is 1. The first kappa shape index (κ1) is 9.26. The van der Waals surface area contributed by atoms with Crippen LogP contribution in [0.25, 0.3) is 0 Å². The Balaban J connectivity index is 2.84. The fourth-order valence-electron chi connectivity index (χ4n) is 1.09. The lowest BCUT2D eigenvalue weighted by atomic mass is 9.97. The second kappa shape index (κ2) is 3.72. The Morgan fingerprint density at radius 2 is 2.45 bits per heavy atom. The molecule has 0 saturated carbocycles. The molecule has 0 amide bonds.